The number of rotatable bonds is 9. The molecule has 0 bridgehead atoms. The highest BCUT2D eigenvalue weighted by molar-refractivity contribution is 6.06. The van der Waals surface area contributed by atoms with Crippen molar-refractivity contribution in [1.82, 2.24) is 25.4 Å². The Labute approximate surface area is 199 Å². The van der Waals surface area contributed by atoms with Crippen LogP contribution in [-0.4, -0.2) is 33.6 Å². The molecular weight excluding hydrogens is 428 g/mol. The van der Waals surface area contributed by atoms with Gasteiger partial charge in [-0.2, -0.15) is 5.10 Å². The van der Waals surface area contributed by atoms with Crippen LogP contribution < -0.4 is 16.4 Å². The maximum absolute atomic E-state index is 13.3. The molecule has 8 nitrogen and oxygen atoms in total. The van der Waals surface area contributed by atoms with E-state index in [0.717, 1.165) is 28.0 Å². The Bertz CT molecular complexity index is 1250. The molecule has 0 aliphatic carbocycles. The topological polar surface area (TPSA) is 115 Å². The van der Waals surface area contributed by atoms with Crippen LogP contribution >= 0.6 is 0 Å². The van der Waals surface area contributed by atoms with E-state index in [1.54, 1.807) is 6.20 Å². The lowest BCUT2D eigenvalue weighted by Crippen LogP contribution is -2.26. The lowest BCUT2D eigenvalue weighted by molar-refractivity contribution is -0.108. The number of nitrogens with two attached hydrogens (primary N) is 1. The Morgan fingerprint density at radius 1 is 1.18 bits per heavy atom. The largest absolute Gasteiger partial charge is 0.348 e. The predicted molar refractivity (Wildman–Crippen MR) is 135 cm³/mol. The van der Waals surface area contributed by atoms with E-state index in [1.807, 2.05) is 75.7 Å². The number of amides is 2. The van der Waals surface area contributed by atoms with Gasteiger partial charge in [-0.1, -0.05) is 29.8 Å². The number of pyridine rings is 1. The first-order valence-corrected chi connectivity index (χ1v) is 11.3. The predicted octanol–water partition coefficient (Wildman–Crippen LogP) is 3.85. The monoisotopic (exact) mass is 460 g/mol. The molecule has 0 atom stereocenters. The van der Waals surface area contributed by atoms with Gasteiger partial charge in [0, 0.05) is 30.4 Å². The van der Waals surface area contributed by atoms with Crippen LogP contribution in [0.15, 0.2) is 59.4 Å². The third kappa shape index (κ3) is 5.58. The number of nitrogens with zero attached hydrogens (tertiary/aromatic N) is 3. The average Bonchev–Trinajstić information content (AvgIpc) is 3.26. The molecule has 2 heterocycles. The average molecular weight is 461 g/mol. The van der Waals surface area contributed by atoms with Crippen LogP contribution in [0.3, 0.4) is 0 Å². The Morgan fingerprint density at radius 2 is 1.88 bits per heavy atom. The van der Waals surface area contributed by atoms with Gasteiger partial charge in [-0.05, 0) is 57.9 Å². The second-order valence-electron chi connectivity index (χ2n) is 8.61. The number of carbonyl (C=O) groups excluding carboxylic acids is 2. The molecule has 3 aromatic rings. The Balaban J connectivity index is 1.97. The molecule has 178 valence electrons. The SMILES string of the molecule is C/C(=C/C(C)=C(\C)CNC(=O)c1cc(-c2ccc(CN)cc2)nc2c1cnn2C(C)C)NC=O. The van der Waals surface area contributed by atoms with Gasteiger partial charge in [0.15, 0.2) is 5.65 Å². The number of allylic oxidation sites excluding steroid dienone is 3. The van der Waals surface area contributed by atoms with Crippen LogP contribution in [0, 0.1) is 0 Å². The minimum absolute atomic E-state index is 0.0959. The van der Waals surface area contributed by atoms with E-state index >= 15 is 0 Å². The summed E-state index contributed by atoms with van der Waals surface area (Å²) in [7, 11) is 0. The van der Waals surface area contributed by atoms with Gasteiger partial charge in [-0.15, -0.1) is 0 Å². The summed E-state index contributed by atoms with van der Waals surface area (Å²) in [6.45, 7) is 10.6. The van der Waals surface area contributed by atoms with E-state index in [1.165, 1.54) is 0 Å². The molecule has 0 spiro atoms. The molecule has 4 N–H and O–H groups in total. The quantitative estimate of drug-likeness (QED) is 0.331. The normalized spacial score (nSPS) is 12.6. The molecular formula is C26H32N6O2. The van der Waals surface area contributed by atoms with Crippen molar-refractivity contribution in [2.24, 2.45) is 5.73 Å². The van der Waals surface area contributed by atoms with Crippen molar-refractivity contribution < 1.29 is 9.59 Å². The van der Waals surface area contributed by atoms with Gasteiger partial charge >= 0.3 is 0 Å². The van der Waals surface area contributed by atoms with Gasteiger partial charge in [0.1, 0.15) is 0 Å². The van der Waals surface area contributed by atoms with Crippen molar-refractivity contribution in [3.8, 4) is 11.3 Å². The molecule has 0 fully saturated rings. The van der Waals surface area contributed by atoms with Crippen molar-refractivity contribution in [1.29, 1.82) is 0 Å². The Kier molecular flexibility index (Phi) is 7.96. The van der Waals surface area contributed by atoms with Gasteiger partial charge in [0.05, 0.1) is 22.8 Å². The van der Waals surface area contributed by atoms with E-state index in [2.05, 4.69) is 15.7 Å². The van der Waals surface area contributed by atoms with Crippen molar-refractivity contribution in [2.75, 3.05) is 6.54 Å². The van der Waals surface area contributed by atoms with Gasteiger partial charge < -0.3 is 16.4 Å². The van der Waals surface area contributed by atoms with Crippen molar-refractivity contribution >= 4 is 23.4 Å². The number of nitrogens with one attached hydrogen (secondary N) is 2. The minimum atomic E-state index is -0.200. The van der Waals surface area contributed by atoms with Crippen LogP contribution in [-0.2, 0) is 11.3 Å². The Hall–Kier alpha value is -3.78. The maximum atomic E-state index is 13.3. The summed E-state index contributed by atoms with van der Waals surface area (Å²) in [5.41, 5.74) is 12.2. The number of hydrogen-bond donors (Lipinski definition) is 3. The number of carbonyl (C=O) groups is 2. The van der Waals surface area contributed by atoms with E-state index < -0.39 is 0 Å². The molecule has 2 amide bonds. The fourth-order valence-electron chi connectivity index (χ4n) is 3.57. The smallest absolute Gasteiger partial charge is 0.252 e. The summed E-state index contributed by atoms with van der Waals surface area (Å²) in [5, 5.41) is 10.8. The van der Waals surface area contributed by atoms with Gasteiger partial charge in [-0.25, -0.2) is 9.67 Å². The zero-order valence-electron chi connectivity index (χ0n) is 20.3. The first-order chi connectivity index (χ1) is 16.2. The Morgan fingerprint density at radius 3 is 2.50 bits per heavy atom. The molecule has 0 saturated heterocycles. The van der Waals surface area contributed by atoms with E-state index in [0.29, 0.717) is 41.8 Å². The maximum Gasteiger partial charge on any atom is 0.252 e. The molecule has 0 unspecified atom stereocenters. The first-order valence-electron chi connectivity index (χ1n) is 11.3. The number of hydrogen-bond acceptors (Lipinski definition) is 5. The molecule has 34 heavy (non-hydrogen) atoms. The zero-order valence-corrected chi connectivity index (χ0v) is 20.3. The second-order valence-corrected chi connectivity index (χ2v) is 8.61. The van der Waals surface area contributed by atoms with Crippen LogP contribution in [0.4, 0.5) is 0 Å². The fourth-order valence-corrected chi connectivity index (χ4v) is 3.57. The molecule has 8 heteroatoms. The van der Waals surface area contributed by atoms with Gasteiger partial charge in [0.25, 0.3) is 5.91 Å². The number of aromatic nitrogens is 3. The molecule has 3 rings (SSSR count). The molecule has 2 aromatic heterocycles. The first kappa shape index (κ1) is 24.9. The van der Waals surface area contributed by atoms with Crippen LogP contribution in [0.1, 0.15) is 56.6 Å². The third-order valence-electron chi connectivity index (χ3n) is 5.69. The van der Waals surface area contributed by atoms with Crippen LogP contribution in [0.25, 0.3) is 22.3 Å². The van der Waals surface area contributed by atoms with E-state index in [-0.39, 0.29) is 11.9 Å². The summed E-state index contributed by atoms with van der Waals surface area (Å²) < 4.78 is 1.83. The number of fused-ring (bicyclic) bond motifs is 1. The summed E-state index contributed by atoms with van der Waals surface area (Å²) >= 11 is 0. The highest BCUT2D eigenvalue weighted by Gasteiger charge is 2.18. The van der Waals surface area contributed by atoms with Crippen LogP contribution in [0.5, 0.6) is 0 Å². The summed E-state index contributed by atoms with van der Waals surface area (Å²) in [6, 6.07) is 9.77. The van der Waals surface area contributed by atoms with Crippen molar-refractivity contribution in [2.45, 2.75) is 47.2 Å². The summed E-state index contributed by atoms with van der Waals surface area (Å²) in [6.07, 6.45) is 4.21. The van der Waals surface area contributed by atoms with Gasteiger partial charge in [0.2, 0.25) is 6.41 Å². The second kappa shape index (κ2) is 10.9. The molecule has 0 saturated carbocycles. The zero-order chi connectivity index (χ0) is 24.8. The third-order valence-corrected chi connectivity index (χ3v) is 5.69. The number of benzene rings is 1. The highest BCUT2D eigenvalue weighted by atomic mass is 16.1. The van der Waals surface area contributed by atoms with E-state index in [4.69, 9.17) is 10.7 Å². The molecule has 0 aliphatic rings. The summed E-state index contributed by atoms with van der Waals surface area (Å²) in [4.78, 5) is 28.7. The van der Waals surface area contributed by atoms with Crippen LogP contribution in [0.2, 0.25) is 0 Å². The van der Waals surface area contributed by atoms with Crippen molar-refractivity contribution in [3.63, 3.8) is 0 Å². The lowest BCUT2D eigenvalue weighted by Gasteiger charge is -2.12. The molecule has 0 aliphatic heterocycles. The molecule has 0 radical (unpaired) electrons. The standard InChI is InChI=1S/C26H32N6O2/c1-16(2)32-25-23(14-30-32)22(11-24(31-25)21-8-6-20(12-27)7-9-21)26(34)28-13-18(4)17(3)10-19(5)29-15-33/h6-11,14-16H,12-13,27H2,1-5H3,(H,28,34)(H,29,33)/b18-17+,19-10-. The fraction of sp³-hybridized carbons (Fsp3) is 0.308. The molecule has 1 aromatic carbocycles. The van der Waals surface area contributed by atoms with E-state index in [9.17, 15) is 9.59 Å². The van der Waals surface area contributed by atoms with Gasteiger partial charge in [-0.3, -0.25) is 9.59 Å². The lowest BCUT2D eigenvalue weighted by atomic mass is 10.0. The minimum Gasteiger partial charge on any atom is -0.348 e. The highest BCUT2D eigenvalue weighted by Crippen LogP contribution is 2.26. The summed E-state index contributed by atoms with van der Waals surface area (Å²) in [5.74, 6) is -0.200. The van der Waals surface area contributed by atoms with Crippen molar-refractivity contribution in [3.05, 3.63) is 70.6 Å².